The van der Waals surface area contributed by atoms with Crippen LogP contribution in [0.15, 0.2) is 50.0 Å². The molecule has 3 heterocycles. The van der Waals surface area contributed by atoms with Crippen molar-refractivity contribution in [1.29, 1.82) is 0 Å². The summed E-state index contributed by atoms with van der Waals surface area (Å²) in [5.41, 5.74) is 2.86. The number of ether oxygens (including phenoxy) is 1. The number of H-pyrrole nitrogens is 1. The average Bonchev–Trinajstić information content (AvgIpc) is 2.78. The highest BCUT2D eigenvalue weighted by Gasteiger charge is 2.37. The van der Waals surface area contributed by atoms with Crippen molar-refractivity contribution in [2.24, 2.45) is 0 Å². The molecule has 0 amide bonds. The molecule has 1 aromatic carbocycles. The smallest absolute Gasteiger partial charge is 0.257 e. The Morgan fingerprint density at radius 2 is 1.91 bits per heavy atom. The van der Waals surface area contributed by atoms with Crippen LogP contribution in [-0.4, -0.2) is 52.8 Å². The topological polar surface area (TPSA) is 87.3 Å². The summed E-state index contributed by atoms with van der Waals surface area (Å²) in [6, 6.07) is 7.82. The molecule has 3 aliphatic rings. The number of halogens is 2. The summed E-state index contributed by atoms with van der Waals surface area (Å²) in [7, 11) is 0. The number of Topliss-reactive ketones (excluding diaryl/α,β-unsaturated/α-hetero) is 1. The van der Waals surface area contributed by atoms with Crippen molar-refractivity contribution in [2.75, 3.05) is 37.5 Å². The van der Waals surface area contributed by atoms with Gasteiger partial charge in [0.05, 0.1) is 24.7 Å². The molecular weight excluding hydrogens is 516 g/mol. The van der Waals surface area contributed by atoms with Crippen LogP contribution in [0.5, 0.6) is 0 Å². The lowest BCUT2D eigenvalue weighted by Gasteiger charge is -2.33. The molecule has 32 heavy (non-hydrogen) atoms. The monoisotopic (exact) mass is 538 g/mol. The van der Waals surface area contributed by atoms with Gasteiger partial charge in [0.1, 0.15) is 5.82 Å². The van der Waals surface area contributed by atoms with Gasteiger partial charge in [-0.3, -0.25) is 14.5 Å². The fourth-order valence-corrected chi connectivity index (χ4v) is 5.53. The Bertz CT molecular complexity index is 1100. The van der Waals surface area contributed by atoms with E-state index >= 15 is 0 Å². The number of aromatic amines is 1. The molecule has 0 spiro atoms. The van der Waals surface area contributed by atoms with Crippen molar-refractivity contribution in [3.8, 4) is 0 Å². The lowest BCUT2D eigenvalue weighted by atomic mass is 9.76. The van der Waals surface area contributed by atoms with E-state index in [0.717, 1.165) is 60.8 Å². The van der Waals surface area contributed by atoms with Crippen LogP contribution in [0.2, 0.25) is 0 Å². The first-order chi connectivity index (χ1) is 15.1. The van der Waals surface area contributed by atoms with Gasteiger partial charge < -0.3 is 15.0 Å². The lowest BCUT2D eigenvalue weighted by Crippen LogP contribution is -2.36. The number of anilines is 1. The molecule has 170 valence electrons. The summed E-state index contributed by atoms with van der Waals surface area (Å²) in [5, 5.41) is 3.92. The second-order valence-electron chi connectivity index (χ2n) is 7.92. The third-order valence-electron chi connectivity index (χ3n) is 5.93. The van der Waals surface area contributed by atoms with Crippen LogP contribution in [0.25, 0.3) is 0 Å². The zero-order chi connectivity index (χ0) is 21.4. The number of aromatic nitrogens is 2. The standard InChI is InChI=1S/C22H23BrN4O3S.ClH/c23-14-6-4-13(5-7-14)17-18-15(2-1-3-16(18)28)24-20-19(17)21(29)26-22(25-20)31-12-27-8-10-30-11-9-27;/h4-7,17H,1-3,8-12H2,(H2,24,25,26,29);1H. The van der Waals surface area contributed by atoms with Crippen LogP contribution in [0.3, 0.4) is 0 Å². The largest absolute Gasteiger partial charge is 0.379 e. The van der Waals surface area contributed by atoms with Crippen molar-refractivity contribution in [2.45, 2.75) is 30.3 Å². The summed E-state index contributed by atoms with van der Waals surface area (Å²) in [4.78, 5) is 36.1. The van der Waals surface area contributed by atoms with E-state index in [1.165, 1.54) is 11.8 Å². The van der Waals surface area contributed by atoms with Gasteiger partial charge in [0, 0.05) is 41.2 Å². The molecule has 0 saturated carbocycles. The number of nitrogens with zero attached hydrogens (tertiary/aromatic N) is 2. The fraction of sp³-hybridized carbons (Fsp3) is 0.409. The zero-order valence-corrected chi connectivity index (χ0v) is 20.6. The Balaban J connectivity index is 0.00000245. The number of benzene rings is 1. The van der Waals surface area contributed by atoms with Gasteiger partial charge in [0.2, 0.25) is 0 Å². The van der Waals surface area contributed by atoms with Crippen molar-refractivity contribution < 1.29 is 9.53 Å². The third kappa shape index (κ3) is 4.68. The highest BCUT2D eigenvalue weighted by molar-refractivity contribution is 9.10. The molecule has 1 aliphatic carbocycles. The molecule has 2 aromatic rings. The second-order valence-corrected chi connectivity index (χ2v) is 9.76. The van der Waals surface area contributed by atoms with Gasteiger partial charge >= 0.3 is 0 Å². The molecule has 0 radical (unpaired) electrons. The van der Waals surface area contributed by atoms with Gasteiger partial charge in [-0.25, -0.2) is 4.98 Å². The van der Waals surface area contributed by atoms with Crippen molar-refractivity contribution in [3.63, 3.8) is 0 Å². The number of allylic oxidation sites excluding steroid dienone is 2. The van der Waals surface area contributed by atoms with E-state index in [9.17, 15) is 9.59 Å². The van der Waals surface area contributed by atoms with Gasteiger partial charge in [0.25, 0.3) is 5.56 Å². The first-order valence-corrected chi connectivity index (χ1v) is 12.2. The van der Waals surface area contributed by atoms with E-state index in [4.69, 9.17) is 9.72 Å². The quantitative estimate of drug-likeness (QED) is 0.450. The molecule has 1 atom stereocenters. The number of morpholine rings is 1. The van der Waals surface area contributed by atoms with Crippen LogP contribution in [0, 0.1) is 0 Å². The van der Waals surface area contributed by atoms with Crippen LogP contribution in [0.1, 0.15) is 36.3 Å². The van der Waals surface area contributed by atoms with Gasteiger partial charge in [-0.1, -0.05) is 39.8 Å². The maximum Gasteiger partial charge on any atom is 0.257 e. The minimum atomic E-state index is -0.401. The van der Waals surface area contributed by atoms with Gasteiger partial charge in [-0.15, -0.1) is 12.4 Å². The second kappa shape index (κ2) is 10.1. The SMILES string of the molecule is Cl.O=C1CCCC2=C1C(c1ccc(Br)cc1)c1c(nc(SCN3CCOCC3)[nH]c1=O)N2. The number of fused-ring (bicyclic) bond motifs is 1. The Morgan fingerprint density at radius 3 is 2.66 bits per heavy atom. The Morgan fingerprint density at radius 1 is 1.16 bits per heavy atom. The predicted molar refractivity (Wildman–Crippen MR) is 131 cm³/mol. The van der Waals surface area contributed by atoms with Crippen LogP contribution < -0.4 is 10.9 Å². The minimum Gasteiger partial charge on any atom is -0.379 e. The van der Waals surface area contributed by atoms with Crippen LogP contribution in [-0.2, 0) is 9.53 Å². The van der Waals surface area contributed by atoms with Gasteiger partial charge in [-0.2, -0.15) is 0 Å². The summed E-state index contributed by atoms with van der Waals surface area (Å²) in [5.74, 6) is 1.02. The summed E-state index contributed by atoms with van der Waals surface area (Å²) in [6.07, 6.45) is 2.12. The number of carbonyl (C=O) groups is 1. The number of hydrogen-bond acceptors (Lipinski definition) is 7. The molecule has 5 rings (SSSR count). The van der Waals surface area contributed by atoms with Gasteiger partial charge in [0.15, 0.2) is 10.9 Å². The molecule has 1 aromatic heterocycles. The summed E-state index contributed by atoms with van der Waals surface area (Å²) >= 11 is 4.99. The number of carbonyl (C=O) groups excluding carboxylic acids is 1. The molecule has 0 bridgehead atoms. The Kier molecular flexibility index (Phi) is 7.41. The molecule has 2 N–H and O–H groups in total. The molecular formula is C22H24BrClN4O3S. The Labute approximate surface area is 204 Å². The molecule has 1 unspecified atom stereocenters. The molecule has 2 aliphatic heterocycles. The maximum atomic E-state index is 13.2. The van der Waals surface area contributed by atoms with E-state index in [0.29, 0.717) is 28.5 Å². The maximum absolute atomic E-state index is 13.2. The lowest BCUT2D eigenvalue weighted by molar-refractivity contribution is -0.116. The predicted octanol–water partition coefficient (Wildman–Crippen LogP) is 3.90. The number of rotatable bonds is 4. The first-order valence-electron chi connectivity index (χ1n) is 10.5. The van der Waals surface area contributed by atoms with E-state index in [2.05, 4.69) is 31.1 Å². The minimum absolute atomic E-state index is 0. The number of ketones is 1. The summed E-state index contributed by atoms with van der Waals surface area (Å²) < 4.78 is 6.35. The molecule has 1 fully saturated rings. The highest BCUT2D eigenvalue weighted by Crippen LogP contribution is 2.43. The molecule has 1 saturated heterocycles. The van der Waals surface area contributed by atoms with E-state index in [1.54, 1.807) is 0 Å². The van der Waals surface area contributed by atoms with Crippen molar-refractivity contribution in [1.82, 2.24) is 14.9 Å². The normalized spacial score (nSPS) is 20.8. The zero-order valence-electron chi connectivity index (χ0n) is 17.4. The Hall–Kier alpha value is -1.65. The van der Waals surface area contributed by atoms with E-state index < -0.39 is 5.92 Å². The van der Waals surface area contributed by atoms with E-state index in [-0.39, 0.29) is 23.7 Å². The van der Waals surface area contributed by atoms with Crippen molar-refractivity contribution >= 4 is 51.7 Å². The molecule has 10 heteroatoms. The number of nitrogens with one attached hydrogen (secondary N) is 2. The highest BCUT2D eigenvalue weighted by atomic mass is 79.9. The first kappa shape index (κ1) is 23.5. The van der Waals surface area contributed by atoms with E-state index in [1.807, 2.05) is 24.3 Å². The van der Waals surface area contributed by atoms with Crippen LogP contribution >= 0.6 is 40.1 Å². The van der Waals surface area contributed by atoms with Crippen LogP contribution in [0.4, 0.5) is 5.82 Å². The number of hydrogen-bond donors (Lipinski definition) is 2. The third-order valence-corrected chi connectivity index (χ3v) is 7.42. The fourth-order valence-electron chi connectivity index (χ4n) is 4.38. The van der Waals surface area contributed by atoms with Crippen molar-refractivity contribution in [3.05, 3.63) is 61.5 Å². The summed E-state index contributed by atoms with van der Waals surface area (Å²) in [6.45, 7) is 3.22. The van der Waals surface area contributed by atoms with Gasteiger partial charge in [-0.05, 0) is 30.5 Å². The number of thioether (sulfide) groups is 1. The molecule has 7 nitrogen and oxygen atoms in total. The average molecular weight is 540 g/mol.